The van der Waals surface area contributed by atoms with Crippen LogP contribution in [0.5, 0.6) is 0 Å². The van der Waals surface area contributed by atoms with Crippen LogP contribution in [-0.4, -0.2) is 50.7 Å². The minimum atomic E-state index is -4.69. The number of likely N-dealkylation sites (tertiary alicyclic amines) is 1. The number of halogens is 5. The molecule has 38 heavy (non-hydrogen) atoms. The van der Waals surface area contributed by atoms with E-state index >= 15 is 0 Å². The van der Waals surface area contributed by atoms with Crippen molar-refractivity contribution in [2.24, 2.45) is 0 Å². The Labute approximate surface area is 216 Å². The molecule has 6 nitrogen and oxygen atoms in total. The van der Waals surface area contributed by atoms with Gasteiger partial charge in [-0.3, -0.25) is 9.69 Å². The van der Waals surface area contributed by atoms with E-state index in [0.717, 1.165) is 31.1 Å². The van der Waals surface area contributed by atoms with Crippen LogP contribution in [0.1, 0.15) is 72.7 Å². The molecule has 1 aliphatic heterocycles. The van der Waals surface area contributed by atoms with Gasteiger partial charge in [0.05, 0.1) is 5.52 Å². The number of rotatable bonds is 8. The molecule has 2 fully saturated rings. The summed E-state index contributed by atoms with van der Waals surface area (Å²) in [6.07, 6.45) is 0.471. The van der Waals surface area contributed by atoms with Crippen molar-refractivity contribution in [2.45, 2.75) is 69.1 Å². The van der Waals surface area contributed by atoms with E-state index in [2.05, 4.69) is 20.3 Å². The van der Waals surface area contributed by atoms with Gasteiger partial charge in [0, 0.05) is 73.3 Å². The summed E-state index contributed by atoms with van der Waals surface area (Å²) >= 11 is 0. The van der Waals surface area contributed by atoms with E-state index in [1.165, 1.54) is 6.42 Å². The number of hydrogen-bond donors (Lipinski definition) is 1. The van der Waals surface area contributed by atoms with E-state index in [-0.39, 0.29) is 44.6 Å². The molecule has 1 N–H and O–H groups in total. The molecule has 1 saturated carbocycles. The maximum absolute atomic E-state index is 13.8. The number of alkyl halides is 5. The van der Waals surface area contributed by atoms with Gasteiger partial charge in [0.15, 0.2) is 5.78 Å². The van der Waals surface area contributed by atoms with Gasteiger partial charge in [-0.15, -0.1) is 0 Å². The highest BCUT2D eigenvalue weighted by molar-refractivity contribution is 6.07. The van der Waals surface area contributed by atoms with Crippen molar-refractivity contribution in [3.63, 3.8) is 0 Å². The molecule has 3 heterocycles. The summed E-state index contributed by atoms with van der Waals surface area (Å²) in [4.78, 5) is 26.6. The largest absolute Gasteiger partial charge is 0.451 e. The SMILES string of the molecule is O=C(CCC(c1cnc(C(F)(F)F)nc1)N1CCC(F)(F)CC1)c1cccc2nc(NC3CCC3)ccc12. The average Bonchev–Trinajstić information content (AvgIpc) is 2.86. The Morgan fingerprint density at radius 3 is 2.42 bits per heavy atom. The molecular weight excluding hydrogens is 505 g/mol. The number of ketones is 1. The fourth-order valence-corrected chi connectivity index (χ4v) is 5.02. The highest BCUT2D eigenvalue weighted by atomic mass is 19.4. The van der Waals surface area contributed by atoms with Gasteiger partial charge in [-0.05, 0) is 43.9 Å². The number of nitrogens with one attached hydrogen (secondary N) is 1. The third-order valence-electron chi connectivity index (χ3n) is 7.41. The molecule has 1 aliphatic carbocycles. The van der Waals surface area contributed by atoms with E-state index in [9.17, 15) is 26.7 Å². The number of carbonyl (C=O) groups excluding carboxylic acids is 1. The van der Waals surface area contributed by atoms with E-state index in [0.29, 0.717) is 28.1 Å². The quantitative estimate of drug-likeness (QED) is 0.265. The third-order valence-corrected chi connectivity index (χ3v) is 7.41. The molecule has 0 amide bonds. The number of pyridine rings is 1. The molecular formula is C27H28F5N5O. The first-order chi connectivity index (χ1) is 18.1. The number of Topliss-reactive ketones (excluding diaryl/α,β-unsaturated/α-hetero) is 1. The lowest BCUT2D eigenvalue weighted by molar-refractivity contribution is -0.145. The first kappa shape index (κ1) is 26.4. The number of carbonyl (C=O) groups is 1. The first-order valence-corrected chi connectivity index (χ1v) is 12.8. The van der Waals surface area contributed by atoms with Crippen LogP contribution in [0, 0.1) is 0 Å². The minimum Gasteiger partial charge on any atom is -0.367 e. The van der Waals surface area contributed by atoms with Crippen LogP contribution in [0.25, 0.3) is 10.9 Å². The van der Waals surface area contributed by atoms with E-state index in [1.807, 2.05) is 18.2 Å². The zero-order valence-corrected chi connectivity index (χ0v) is 20.6. The Morgan fingerprint density at radius 1 is 1.08 bits per heavy atom. The third kappa shape index (κ3) is 5.92. The lowest BCUT2D eigenvalue weighted by Crippen LogP contribution is -2.41. The molecule has 0 radical (unpaired) electrons. The smallest absolute Gasteiger partial charge is 0.367 e. The van der Waals surface area contributed by atoms with Crippen LogP contribution in [0.4, 0.5) is 27.8 Å². The van der Waals surface area contributed by atoms with Crippen molar-refractivity contribution >= 4 is 22.5 Å². The standard InChI is InChI=1S/C27H28F5N5O/c28-26(29)11-13-37(14-12-26)22(17-15-33-25(34-16-17)27(30,31)32)8-9-23(38)20-5-2-6-21-19(20)7-10-24(36-21)35-18-3-1-4-18/h2,5-7,10,15-16,18,22H,1,3-4,8-9,11-14H2,(H,35,36). The lowest BCUT2D eigenvalue weighted by atomic mass is 9.93. The summed E-state index contributed by atoms with van der Waals surface area (Å²) < 4.78 is 66.5. The second kappa shape index (κ2) is 10.5. The molecule has 3 aromatic rings. The number of nitrogens with zero attached hydrogens (tertiary/aromatic N) is 4. The zero-order chi connectivity index (χ0) is 26.9. The Balaban J connectivity index is 1.34. The highest BCUT2D eigenvalue weighted by Gasteiger charge is 2.38. The number of piperidine rings is 1. The van der Waals surface area contributed by atoms with Crippen molar-refractivity contribution in [2.75, 3.05) is 18.4 Å². The molecule has 5 rings (SSSR count). The second-order valence-corrected chi connectivity index (χ2v) is 10.0. The highest BCUT2D eigenvalue weighted by Crippen LogP contribution is 2.35. The molecule has 2 aliphatic rings. The van der Waals surface area contributed by atoms with Crippen LogP contribution in [0.2, 0.25) is 0 Å². The van der Waals surface area contributed by atoms with Crippen LogP contribution < -0.4 is 5.32 Å². The van der Waals surface area contributed by atoms with Crippen LogP contribution >= 0.6 is 0 Å². The molecule has 1 saturated heterocycles. The summed E-state index contributed by atoms with van der Waals surface area (Å²) in [5, 5.41) is 4.11. The van der Waals surface area contributed by atoms with Gasteiger partial charge in [0.1, 0.15) is 5.82 Å². The summed E-state index contributed by atoms with van der Waals surface area (Å²) in [5.41, 5.74) is 1.55. The molecule has 1 aromatic carbocycles. The molecule has 1 atom stereocenters. The normalized spacial score (nSPS) is 19.2. The van der Waals surface area contributed by atoms with Crippen molar-refractivity contribution in [1.82, 2.24) is 19.9 Å². The topological polar surface area (TPSA) is 71.0 Å². The van der Waals surface area contributed by atoms with Gasteiger partial charge in [-0.2, -0.15) is 13.2 Å². The summed E-state index contributed by atoms with van der Waals surface area (Å²) in [6, 6.07) is 8.91. The van der Waals surface area contributed by atoms with Gasteiger partial charge in [0.2, 0.25) is 5.82 Å². The molecule has 0 spiro atoms. The fraction of sp³-hybridized carbons (Fsp3) is 0.481. The first-order valence-electron chi connectivity index (χ1n) is 12.8. The number of anilines is 1. The summed E-state index contributed by atoms with van der Waals surface area (Å²) in [5.74, 6) is -3.44. The zero-order valence-electron chi connectivity index (χ0n) is 20.6. The van der Waals surface area contributed by atoms with Crippen LogP contribution in [0.15, 0.2) is 42.7 Å². The molecule has 11 heteroatoms. The van der Waals surface area contributed by atoms with Crippen molar-refractivity contribution in [1.29, 1.82) is 0 Å². The van der Waals surface area contributed by atoms with Gasteiger partial charge >= 0.3 is 6.18 Å². The van der Waals surface area contributed by atoms with Crippen molar-refractivity contribution in [3.8, 4) is 0 Å². The second-order valence-electron chi connectivity index (χ2n) is 10.0. The predicted octanol–water partition coefficient (Wildman–Crippen LogP) is 6.44. The van der Waals surface area contributed by atoms with E-state index in [4.69, 9.17) is 0 Å². The Morgan fingerprint density at radius 2 is 1.79 bits per heavy atom. The van der Waals surface area contributed by atoms with Crippen molar-refractivity contribution < 1.29 is 26.7 Å². The van der Waals surface area contributed by atoms with Gasteiger partial charge in [0.25, 0.3) is 5.92 Å². The Hall–Kier alpha value is -3.21. The lowest BCUT2D eigenvalue weighted by Gasteiger charge is -2.37. The maximum Gasteiger partial charge on any atom is 0.451 e. The monoisotopic (exact) mass is 533 g/mol. The van der Waals surface area contributed by atoms with Crippen LogP contribution in [0.3, 0.4) is 0 Å². The number of hydrogen-bond acceptors (Lipinski definition) is 6. The molecule has 202 valence electrons. The van der Waals surface area contributed by atoms with Gasteiger partial charge in [-0.1, -0.05) is 12.1 Å². The Kier molecular flexibility index (Phi) is 7.30. The summed E-state index contributed by atoms with van der Waals surface area (Å²) in [6.45, 7) is 0.115. The maximum atomic E-state index is 13.8. The number of aromatic nitrogens is 3. The van der Waals surface area contributed by atoms with E-state index in [1.54, 1.807) is 17.0 Å². The van der Waals surface area contributed by atoms with Gasteiger partial charge < -0.3 is 5.32 Å². The van der Waals surface area contributed by atoms with E-state index < -0.39 is 24.0 Å². The van der Waals surface area contributed by atoms with Crippen molar-refractivity contribution in [3.05, 3.63) is 59.7 Å². The summed E-state index contributed by atoms with van der Waals surface area (Å²) in [7, 11) is 0. The fourth-order valence-electron chi connectivity index (χ4n) is 5.02. The predicted molar refractivity (Wildman–Crippen MR) is 132 cm³/mol. The number of fused-ring (bicyclic) bond motifs is 1. The molecule has 2 aromatic heterocycles. The molecule has 0 bridgehead atoms. The number of benzene rings is 1. The molecule has 1 unspecified atom stereocenters. The van der Waals surface area contributed by atoms with Crippen LogP contribution in [-0.2, 0) is 6.18 Å². The Bertz CT molecular complexity index is 1280. The minimum absolute atomic E-state index is 0.0574. The van der Waals surface area contributed by atoms with Gasteiger partial charge in [-0.25, -0.2) is 23.7 Å². The average molecular weight is 534 g/mol.